The Balaban J connectivity index is 2.10. The highest BCUT2D eigenvalue weighted by Gasteiger charge is 2.16. The van der Waals surface area contributed by atoms with Crippen molar-refractivity contribution in [2.24, 2.45) is 5.92 Å². The van der Waals surface area contributed by atoms with Gasteiger partial charge in [0.05, 0.1) is 6.10 Å². The Bertz CT molecular complexity index is 257. The molecule has 0 amide bonds. The van der Waals surface area contributed by atoms with E-state index in [-0.39, 0.29) is 12.1 Å². The summed E-state index contributed by atoms with van der Waals surface area (Å²) in [7, 11) is 0. The molecule has 3 heteroatoms. The predicted octanol–water partition coefficient (Wildman–Crippen LogP) is 3.87. The Labute approximate surface area is 117 Å². The van der Waals surface area contributed by atoms with Crippen LogP contribution in [0.2, 0.25) is 0 Å². The fraction of sp³-hybridized carbons (Fsp3) is 0.812. The van der Waals surface area contributed by atoms with Gasteiger partial charge in [-0.15, -0.1) is 6.58 Å². The Morgan fingerprint density at radius 2 is 2.32 bits per heavy atom. The third-order valence-electron chi connectivity index (χ3n) is 3.82. The van der Waals surface area contributed by atoms with E-state index in [1.807, 2.05) is 6.08 Å². The molecule has 0 bridgehead atoms. The summed E-state index contributed by atoms with van der Waals surface area (Å²) in [6, 6.07) is 0. The number of carbonyl (C=O) groups is 1. The summed E-state index contributed by atoms with van der Waals surface area (Å²) in [4.78, 5) is 11.7. The van der Waals surface area contributed by atoms with E-state index in [2.05, 4.69) is 13.5 Å². The minimum absolute atomic E-state index is 0.0776. The second-order valence-corrected chi connectivity index (χ2v) is 5.35. The van der Waals surface area contributed by atoms with Gasteiger partial charge in [-0.2, -0.15) is 0 Å². The van der Waals surface area contributed by atoms with Crippen LogP contribution < -0.4 is 0 Å². The number of hydrogen-bond donors (Lipinski definition) is 0. The topological polar surface area (TPSA) is 35.5 Å². The molecule has 0 N–H and O–H groups in total. The summed E-state index contributed by atoms with van der Waals surface area (Å²) in [6.45, 7) is 7.15. The zero-order valence-electron chi connectivity index (χ0n) is 12.2. The predicted molar refractivity (Wildman–Crippen MR) is 77.0 cm³/mol. The van der Waals surface area contributed by atoms with E-state index in [1.165, 1.54) is 6.42 Å². The Hall–Kier alpha value is -0.830. The first-order valence-electron chi connectivity index (χ1n) is 7.64. The lowest BCUT2D eigenvalue weighted by molar-refractivity contribution is -0.149. The number of esters is 1. The van der Waals surface area contributed by atoms with Gasteiger partial charge in [0.1, 0.15) is 6.61 Å². The lowest BCUT2D eigenvalue weighted by Gasteiger charge is -2.22. The molecule has 1 heterocycles. The van der Waals surface area contributed by atoms with Crippen LogP contribution in [0.1, 0.15) is 58.3 Å². The molecule has 110 valence electrons. The normalized spacial score (nSPS) is 20.8. The van der Waals surface area contributed by atoms with Crippen molar-refractivity contribution in [1.82, 2.24) is 0 Å². The Morgan fingerprint density at radius 1 is 1.47 bits per heavy atom. The molecule has 1 saturated heterocycles. The maximum absolute atomic E-state index is 11.7. The molecule has 3 nitrogen and oxygen atoms in total. The summed E-state index contributed by atoms with van der Waals surface area (Å²) >= 11 is 0. The van der Waals surface area contributed by atoms with Crippen LogP contribution in [-0.4, -0.2) is 25.3 Å². The van der Waals surface area contributed by atoms with Crippen molar-refractivity contribution >= 4 is 5.97 Å². The van der Waals surface area contributed by atoms with E-state index in [9.17, 15) is 4.79 Å². The van der Waals surface area contributed by atoms with Crippen molar-refractivity contribution in [3.05, 3.63) is 12.7 Å². The highest BCUT2D eigenvalue weighted by molar-refractivity contribution is 5.69. The maximum atomic E-state index is 11.7. The first-order valence-corrected chi connectivity index (χ1v) is 7.64. The van der Waals surface area contributed by atoms with E-state index in [1.54, 1.807) is 0 Å². The van der Waals surface area contributed by atoms with Gasteiger partial charge >= 0.3 is 5.97 Å². The van der Waals surface area contributed by atoms with E-state index < -0.39 is 0 Å². The van der Waals surface area contributed by atoms with Gasteiger partial charge in [-0.1, -0.05) is 19.4 Å². The van der Waals surface area contributed by atoms with Gasteiger partial charge in [0.25, 0.3) is 0 Å². The molecule has 1 aliphatic heterocycles. The molecule has 2 atom stereocenters. The molecule has 2 unspecified atom stereocenters. The van der Waals surface area contributed by atoms with Gasteiger partial charge in [0, 0.05) is 13.0 Å². The van der Waals surface area contributed by atoms with Crippen molar-refractivity contribution in [3.8, 4) is 0 Å². The van der Waals surface area contributed by atoms with Crippen molar-refractivity contribution < 1.29 is 14.3 Å². The van der Waals surface area contributed by atoms with Crippen LogP contribution in [0.3, 0.4) is 0 Å². The zero-order chi connectivity index (χ0) is 13.9. The average Bonchev–Trinajstić information content (AvgIpc) is 2.46. The second-order valence-electron chi connectivity index (χ2n) is 5.35. The highest BCUT2D eigenvalue weighted by atomic mass is 16.6. The summed E-state index contributed by atoms with van der Waals surface area (Å²) in [5.74, 6) is 0.530. The van der Waals surface area contributed by atoms with Gasteiger partial charge in [-0.3, -0.25) is 4.79 Å². The molecule has 1 fully saturated rings. The second kappa shape index (κ2) is 10.0. The molecular weight excluding hydrogens is 240 g/mol. The van der Waals surface area contributed by atoms with E-state index >= 15 is 0 Å². The fourth-order valence-electron chi connectivity index (χ4n) is 2.43. The molecule has 1 rings (SSSR count). The van der Waals surface area contributed by atoms with Crippen molar-refractivity contribution in [2.75, 3.05) is 13.2 Å². The van der Waals surface area contributed by atoms with Crippen LogP contribution in [0.15, 0.2) is 12.7 Å². The van der Waals surface area contributed by atoms with Crippen molar-refractivity contribution in [2.45, 2.75) is 64.4 Å². The molecule has 0 saturated carbocycles. The monoisotopic (exact) mass is 268 g/mol. The SMILES string of the molecule is C=CCCC(CC)CCC(=O)OCC1CCCCO1. The number of hydrogen-bond acceptors (Lipinski definition) is 3. The highest BCUT2D eigenvalue weighted by Crippen LogP contribution is 2.18. The molecule has 0 aromatic rings. The quantitative estimate of drug-likeness (QED) is 0.470. The lowest BCUT2D eigenvalue weighted by Crippen LogP contribution is -2.26. The Morgan fingerprint density at radius 3 is 2.95 bits per heavy atom. The molecule has 19 heavy (non-hydrogen) atoms. The molecule has 0 radical (unpaired) electrons. The van der Waals surface area contributed by atoms with Gasteiger partial charge < -0.3 is 9.47 Å². The standard InChI is InChI=1S/C16H28O3/c1-3-5-8-14(4-2)10-11-16(17)19-13-15-9-6-7-12-18-15/h3,14-15H,1,4-13H2,2H3. The first-order chi connectivity index (χ1) is 9.26. The van der Waals surface area contributed by atoms with E-state index in [4.69, 9.17) is 9.47 Å². The molecule has 0 spiro atoms. The van der Waals surface area contributed by atoms with Crippen LogP contribution in [0.4, 0.5) is 0 Å². The zero-order valence-corrected chi connectivity index (χ0v) is 12.2. The molecule has 0 aliphatic carbocycles. The van der Waals surface area contributed by atoms with Gasteiger partial charge in [-0.05, 0) is 44.4 Å². The van der Waals surface area contributed by atoms with E-state index in [0.717, 1.165) is 45.1 Å². The average molecular weight is 268 g/mol. The Kier molecular flexibility index (Phi) is 8.55. The van der Waals surface area contributed by atoms with E-state index in [0.29, 0.717) is 18.9 Å². The minimum atomic E-state index is -0.0776. The third-order valence-corrected chi connectivity index (χ3v) is 3.82. The minimum Gasteiger partial charge on any atom is -0.463 e. The summed E-state index contributed by atoms with van der Waals surface area (Å²) in [5.41, 5.74) is 0. The van der Waals surface area contributed by atoms with Crippen LogP contribution in [0.25, 0.3) is 0 Å². The van der Waals surface area contributed by atoms with Crippen molar-refractivity contribution in [3.63, 3.8) is 0 Å². The lowest BCUT2D eigenvalue weighted by atomic mass is 9.95. The van der Waals surface area contributed by atoms with Crippen LogP contribution in [-0.2, 0) is 14.3 Å². The number of rotatable bonds is 9. The summed E-state index contributed by atoms with van der Waals surface area (Å²) in [6.07, 6.45) is 10.1. The smallest absolute Gasteiger partial charge is 0.305 e. The maximum Gasteiger partial charge on any atom is 0.305 e. The van der Waals surface area contributed by atoms with Crippen LogP contribution in [0, 0.1) is 5.92 Å². The number of carbonyl (C=O) groups excluding carboxylic acids is 1. The van der Waals surface area contributed by atoms with Gasteiger partial charge in [0.15, 0.2) is 0 Å². The number of allylic oxidation sites excluding steroid dienone is 1. The molecule has 0 aromatic heterocycles. The first kappa shape index (κ1) is 16.2. The van der Waals surface area contributed by atoms with Gasteiger partial charge in [-0.25, -0.2) is 0 Å². The largest absolute Gasteiger partial charge is 0.463 e. The van der Waals surface area contributed by atoms with Gasteiger partial charge in [0.2, 0.25) is 0 Å². The van der Waals surface area contributed by atoms with Crippen LogP contribution in [0.5, 0.6) is 0 Å². The third kappa shape index (κ3) is 7.36. The fourth-order valence-corrected chi connectivity index (χ4v) is 2.43. The van der Waals surface area contributed by atoms with Crippen molar-refractivity contribution in [1.29, 1.82) is 0 Å². The summed E-state index contributed by atoms with van der Waals surface area (Å²) < 4.78 is 10.8. The molecule has 1 aliphatic rings. The summed E-state index contributed by atoms with van der Waals surface area (Å²) in [5, 5.41) is 0. The molecule has 0 aromatic carbocycles. The van der Waals surface area contributed by atoms with Crippen LogP contribution >= 0.6 is 0 Å². The number of ether oxygens (including phenoxy) is 2. The molecular formula is C16H28O3.